The van der Waals surface area contributed by atoms with Gasteiger partial charge in [0.15, 0.2) is 6.29 Å². The van der Waals surface area contributed by atoms with Crippen LogP contribution >= 0.6 is 0 Å². The van der Waals surface area contributed by atoms with Gasteiger partial charge in [-0.05, 0) is 26.3 Å². The first-order valence-corrected chi connectivity index (χ1v) is 4.38. The summed E-state index contributed by atoms with van der Waals surface area (Å²) in [5.74, 6) is 0. The monoisotopic (exact) mass is 201 g/mol. The smallest absolute Gasteiger partial charge is 0.256 e. The summed E-state index contributed by atoms with van der Waals surface area (Å²) in [6, 6.07) is 0. The van der Waals surface area contributed by atoms with Crippen LogP contribution in [0.4, 0.5) is 8.78 Å². The maximum Gasteiger partial charge on any atom is 0.256 e. The SMILES string of the molecule is Cc1c(C=O)c(C)n(CC(F)F)c1C. The summed E-state index contributed by atoms with van der Waals surface area (Å²) in [6.45, 7) is 4.87. The number of hydrogen-bond acceptors (Lipinski definition) is 1. The van der Waals surface area contributed by atoms with Crippen LogP contribution in [0.5, 0.6) is 0 Å². The highest BCUT2D eigenvalue weighted by Gasteiger charge is 2.16. The van der Waals surface area contributed by atoms with E-state index in [-0.39, 0.29) is 6.54 Å². The van der Waals surface area contributed by atoms with Crippen LogP contribution in [0.25, 0.3) is 0 Å². The van der Waals surface area contributed by atoms with Crippen molar-refractivity contribution in [2.24, 2.45) is 0 Å². The summed E-state index contributed by atoms with van der Waals surface area (Å²) in [7, 11) is 0. The van der Waals surface area contributed by atoms with E-state index in [4.69, 9.17) is 0 Å². The second kappa shape index (κ2) is 3.90. The lowest BCUT2D eigenvalue weighted by atomic mass is 10.1. The highest BCUT2D eigenvalue weighted by Crippen LogP contribution is 2.20. The van der Waals surface area contributed by atoms with Gasteiger partial charge >= 0.3 is 0 Å². The second-order valence-electron chi connectivity index (χ2n) is 3.33. The molecule has 78 valence electrons. The lowest BCUT2D eigenvalue weighted by molar-refractivity contribution is 0.111. The van der Waals surface area contributed by atoms with E-state index in [0.717, 1.165) is 17.5 Å². The van der Waals surface area contributed by atoms with Crippen LogP contribution in [0.2, 0.25) is 0 Å². The lowest BCUT2D eigenvalue weighted by Gasteiger charge is -2.07. The van der Waals surface area contributed by atoms with Crippen molar-refractivity contribution in [1.29, 1.82) is 0 Å². The molecule has 0 aromatic carbocycles. The van der Waals surface area contributed by atoms with Crippen molar-refractivity contribution in [1.82, 2.24) is 4.57 Å². The van der Waals surface area contributed by atoms with Crippen molar-refractivity contribution in [2.45, 2.75) is 33.7 Å². The van der Waals surface area contributed by atoms with Crippen molar-refractivity contribution in [3.63, 3.8) is 0 Å². The molecule has 0 amide bonds. The summed E-state index contributed by atoms with van der Waals surface area (Å²) in [4.78, 5) is 10.7. The van der Waals surface area contributed by atoms with Gasteiger partial charge in [0.25, 0.3) is 6.43 Å². The zero-order valence-electron chi connectivity index (χ0n) is 8.47. The Morgan fingerprint density at radius 2 is 1.86 bits per heavy atom. The minimum Gasteiger partial charge on any atom is -0.342 e. The summed E-state index contributed by atoms with van der Waals surface area (Å²) in [5, 5.41) is 0. The molecule has 0 unspecified atom stereocenters. The Labute approximate surface area is 81.5 Å². The van der Waals surface area contributed by atoms with Gasteiger partial charge in [-0.2, -0.15) is 0 Å². The summed E-state index contributed by atoms with van der Waals surface area (Å²) >= 11 is 0. The quantitative estimate of drug-likeness (QED) is 0.688. The van der Waals surface area contributed by atoms with Crippen LogP contribution in [0.15, 0.2) is 0 Å². The fraction of sp³-hybridized carbons (Fsp3) is 0.500. The van der Waals surface area contributed by atoms with Crippen LogP contribution in [0, 0.1) is 20.8 Å². The molecule has 14 heavy (non-hydrogen) atoms. The van der Waals surface area contributed by atoms with Gasteiger partial charge in [0.05, 0.1) is 6.54 Å². The standard InChI is InChI=1S/C10H13F2NO/c1-6-7(2)13(4-10(11)12)8(3)9(6)5-14/h5,10H,4H2,1-3H3. The number of carbonyl (C=O) groups excluding carboxylic acids is 1. The number of carbonyl (C=O) groups is 1. The summed E-state index contributed by atoms with van der Waals surface area (Å²) in [6.07, 6.45) is -1.67. The Morgan fingerprint density at radius 3 is 2.21 bits per heavy atom. The van der Waals surface area contributed by atoms with Gasteiger partial charge in [-0.15, -0.1) is 0 Å². The molecule has 0 bridgehead atoms. The maximum atomic E-state index is 12.2. The molecular weight excluding hydrogens is 188 g/mol. The zero-order valence-corrected chi connectivity index (χ0v) is 8.47. The molecule has 1 heterocycles. The Balaban J connectivity index is 3.23. The van der Waals surface area contributed by atoms with E-state index in [0.29, 0.717) is 11.3 Å². The lowest BCUT2D eigenvalue weighted by Crippen LogP contribution is -2.09. The molecule has 0 N–H and O–H groups in total. The third-order valence-corrected chi connectivity index (χ3v) is 2.58. The molecule has 0 saturated heterocycles. The Kier molecular flexibility index (Phi) is 3.03. The molecule has 1 rings (SSSR count). The molecular formula is C10H13F2NO. The van der Waals surface area contributed by atoms with E-state index < -0.39 is 6.43 Å². The molecule has 0 radical (unpaired) electrons. The predicted octanol–water partition coefficient (Wildman–Crippen LogP) is 2.49. The van der Waals surface area contributed by atoms with Crippen LogP contribution in [0.3, 0.4) is 0 Å². The topological polar surface area (TPSA) is 22.0 Å². The predicted molar refractivity (Wildman–Crippen MR) is 50.0 cm³/mol. The first-order valence-electron chi connectivity index (χ1n) is 4.38. The van der Waals surface area contributed by atoms with Crippen LogP contribution in [-0.4, -0.2) is 17.3 Å². The Hall–Kier alpha value is -1.19. The van der Waals surface area contributed by atoms with Crippen molar-refractivity contribution in [3.8, 4) is 0 Å². The van der Waals surface area contributed by atoms with Crippen LogP contribution in [-0.2, 0) is 6.54 Å². The minimum atomic E-state index is -2.39. The molecule has 1 aromatic heterocycles. The molecule has 0 saturated carbocycles. The van der Waals surface area contributed by atoms with Gasteiger partial charge in [-0.25, -0.2) is 8.78 Å². The molecule has 0 aliphatic carbocycles. The Morgan fingerprint density at radius 1 is 1.29 bits per heavy atom. The average Bonchev–Trinajstić information content (AvgIpc) is 2.30. The van der Waals surface area contributed by atoms with E-state index in [1.807, 2.05) is 0 Å². The molecule has 4 heteroatoms. The number of nitrogens with zero attached hydrogens (tertiary/aromatic N) is 1. The first kappa shape index (κ1) is 10.9. The van der Waals surface area contributed by atoms with E-state index in [1.165, 1.54) is 4.57 Å². The largest absolute Gasteiger partial charge is 0.342 e. The van der Waals surface area contributed by atoms with Crippen LogP contribution in [0.1, 0.15) is 27.3 Å². The fourth-order valence-corrected chi connectivity index (χ4v) is 1.65. The van der Waals surface area contributed by atoms with E-state index >= 15 is 0 Å². The van der Waals surface area contributed by atoms with Crippen molar-refractivity contribution in [2.75, 3.05) is 0 Å². The van der Waals surface area contributed by atoms with Crippen molar-refractivity contribution in [3.05, 3.63) is 22.5 Å². The maximum absolute atomic E-state index is 12.2. The second-order valence-corrected chi connectivity index (χ2v) is 3.33. The average molecular weight is 201 g/mol. The van der Waals surface area contributed by atoms with Gasteiger partial charge in [0, 0.05) is 17.0 Å². The first-order chi connectivity index (χ1) is 6.49. The highest BCUT2D eigenvalue weighted by atomic mass is 19.3. The molecule has 0 fully saturated rings. The number of alkyl halides is 2. The molecule has 0 atom stereocenters. The van der Waals surface area contributed by atoms with E-state index in [2.05, 4.69) is 0 Å². The van der Waals surface area contributed by atoms with Gasteiger partial charge in [0.1, 0.15) is 0 Å². The molecule has 0 aliphatic rings. The van der Waals surface area contributed by atoms with Gasteiger partial charge in [-0.1, -0.05) is 0 Å². The van der Waals surface area contributed by atoms with Gasteiger partial charge in [0.2, 0.25) is 0 Å². The molecule has 2 nitrogen and oxygen atoms in total. The third-order valence-electron chi connectivity index (χ3n) is 2.58. The van der Waals surface area contributed by atoms with Gasteiger partial charge in [-0.3, -0.25) is 4.79 Å². The van der Waals surface area contributed by atoms with Crippen molar-refractivity contribution >= 4 is 6.29 Å². The van der Waals surface area contributed by atoms with Crippen LogP contribution < -0.4 is 0 Å². The zero-order chi connectivity index (χ0) is 10.9. The highest BCUT2D eigenvalue weighted by molar-refractivity contribution is 5.79. The normalized spacial score (nSPS) is 11.0. The number of hydrogen-bond donors (Lipinski definition) is 0. The number of aromatic nitrogens is 1. The van der Waals surface area contributed by atoms with E-state index in [9.17, 15) is 13.6 Å². The summed E-state index contributed by atoms with van der Waals surface area (Å²) < 4.78 is 25.9. The number of halogens is 2. The molecule has 1 aromatic rings. The van der Waals surface area contributed by atoms with Crippen molar-refractivity contribution < 1.29 is 13.6 Å². The molecule has 0 spiro atoms. The number of rotatable bonds is 3. The fourth-order valence-electron chi connectivity index (χ4n) is 1.65. The summed E-state index contributed by atoms with van der Waals surface area (Å²) in [5.41, 5.74) is 2.68. The third kappa shape index (κ3) is 1.69. The van der Waals surface area contributed by atoms with E-state index in [1.54, 1.807) is 20.8 Å². The van der Waals surface area contributed by atoms with Gasteiger partial charge < -0.3 is 4.57 Å². The Bertz CT molecular complexity index is 355. The molecule has 0 aliphatic heterocycles. The minimum absolute atomic E-state index is 0.341. The number of aldehydes is 1.